The third kappa shape index (κ3) is 4.14. The summed E-state index contributed by atoms with van der Waals surface area (Å²) in [4.78, 5) is 14.6. The van der Waals surface area contributed by atoms with Gasteiger partial charge >= 0.3 is 6.03 Å². The molecular weight excluding hydrogens is 318 g/mol. The van der Waals surface area contributed by atoms with E-state index < -0.39 is 0 Å². The minimum Gasteiger partial charge on any atom is -0.337 e. The van der Waals surface area contributed by atoms with Crippen LogP contribution in [0.3, 0.4) is 0 Å². The monoisotopic (exact) mass is 343 g/mol. The molecule has 134 valence electrons. The van der Waals surface area contributed by atoms with Crippen LogP contribution in [0.5, 0.6) is 0 Å². The van der Waals surface area contributed by atoms with Crippen LogP contribution in [-0.2, 0) is 0 Å². The predicted octanol–water partition coefficient (Wildman–Crippen LogP) is 1.51. The molecule has 2 heterocycles. The van der Waals surface area contributed by atoms with E-state index >= 15 is 0 Å². The van der Waals surface area contributed by atoms with Gasteiger partial charge in [-0.15, -0.1) is 5.10 Å². The Kier molecular flexibility index (Phi) is 5.60. The average Bonchev–Trinajstić information content (AvgIpc) is 3.29. The van der Waals surface area contributed by atoms with Crippen molar-refractivity contribution in [1.82, 2.24) is 35.7 Å². The number of urea groups is 1. The van der Waals surface area contributed by atoms with Gasteiger partial charge in [0.05, 0.1) is 11.7 Å². The molecule has 1 aromatic heterocycles. The summed E-state index contributed by atoms with van der Waals surface area (Å²) in [5.41, 5.74) is 0.862. The zero-order valence-corrected chi connectivity index (χ0v) is 14.7. The van der Waals surface area contributed by atoms with Crippen LogP contribution in [0.2, 0.25) is 0 Å². The van der Waals surface area contributed by atoms with E-state index in [4.69, 9.17) is 0 Å². The number of hydrogen-bond donors (Lipinski definition) is 2. The van der Waals surface area contributed by atoms with E-state index in [0.29, 0.717) is 18.4 Å². The minimum atomic E-state index is -0.305. The van der Waals surface area contributed by atoms with Gasteiger partial charge in [-0.1, -0.05) is 25.1 Å². The molecule has 2 aromatic rings. The first kappa shape index (κ1) is 17.3. The van der Waals surface area contributed by atoms with Gasteiger partial charge in [-0.25, -0.2) is 4.79 Å². The van der Waals surface area contributed by atoms with Gasteiger partial charge in [-0.2, -0.15) is 4.68 Å². The molecule has 25 heavy (non-hydrogen) atoms. The lowest BCUT2D eigenvalue weighted by atomic mass is 10.2. The van der Waals surface area contributed by atoms with E-state index in [1.54, 1.807) is 4.68 Å². The van der Waals surface area contributed by atoms with Gasteiger partial charge in [0.1, 0.15) is 0 Å². The van der Waals surface area contributed by atoms with Crippen LogP contribution in [0, 0.1) is 0 Å². The van der Waals surface area contributed by atoms with Crippen molar-refractivity contribution in [3.63, 3.8) is 0 Å². The highest BCUT2D eigenvalue weighted by Crippen LogP contribution is 2.16. The zero-order chi connectivity index (χ0) is 17.6. The Bertz CT molecular complexity index is 687. The molecule has 8 nitrogen and oxygen atoms in total. The molecule has 0 spiro atoms. The van der Waals surface area contributed by atoms with Crippen LogP contribution in [-0.4, -0.2) is 56.8 Å². The van der Waals surface area contributed by atoms with Gasteiger partial charge in [-0.05, 0) is 55.4 Å². The maximum atomic E-state index is 12.2. The van der Waals surface area contributed by atoms with Crippen molar-refractivity contribution in [2.75, 3.05) is 19.6 Å². The fraction of sp³-hybridized carbons (Fsp3) is 0.529. The van der Waals surface area contributed by atoms with Crippen LogP contribution in [0.1, 0.15) is 38.6 Å². The Morgan fingerprint density at radius 3 is 2.92 bits per heavy atom. The third-order valence-corrected chi connectivity index (χ3v) is 4.63. The van der Waals surface area contributed by atoms with E-state index in [1.165, 1.54) is 6.42 Å². The highest BCUT2D eigenvalue weighted by Gasteiger charge is 2.24. The van der Waals surface area contributed by atoms with E-state index in [0.717, 1.165) is 25.2 Å². The molecule has 2 amide bonds. The number of benzene rings is 1. The molecule has 1 aromatic carbocycles. The molecule has 0 radical (unpaired) electrons. The van der Waals surface area contributed by atoms with Gasteiger partial charge < -0.3 is 10.6 Å². The molecular formula is C17H25N7O. The summed E-state index contributed by atoms with van der Waals surface area (Å²) in [5, 5.41) is 17.7. The van der Waals surface area contributed by atoms with Crippen molar-refractivity contribution in [2.45, 2.75) is 38.8 Å². The van der Waals surface area contributed by atoms with Crippen LogP contribution in [0.15, 0.2) is 30.3 Å². The number of para-hydroxylation sites is 1. The number of rotatable bonds is 6. The standard InChI is InChI=1S/C17H25N7O/c1-3-23-11-7-10-15(23)12-18-17(25)19-13(2)16-20-21-22-24(16)14-8-5-4-6-9-14/h4-6,8-9,13,15H,3,7,10-12H2,1-2H3,(H2,18,19,25)/t13-,15-/m0/s1. The van der Waals surface area contributed by atoms with Crippen molar-refractivity contribution >= 4 is 6.03 Å². The molecule has 1 saturated heterocycles. The van der Waals surface area contributed by atoms with Crippen LogP contribution in [0.4, 0.5) is 4.79 Å². The second-order valence-corrected chi connectivity index (χ2v) is 6.29. The molecule has 1 aliphatic rings. The molecule has 0 saturated carbocycles. The highest BCUT2D eigenvalue weighted by atomic mass is 16.2. The lowest BCUT2D eigenvalue weighted by Crippen LogP contribution is -2.44. The quantitative estimate of drug-likeness (QED) is 0.830. The summed E-state index contributed by atoms with van der Waals surface area (Å²) >= 11 is 0. The van der Waals surface area contributed by atoms with Crippen LogP contribution >= 0.6 is 0 Å². The van der Waals surface area contributed by atoms with Crippen molar-refractivity contribution in [2.24, 2.45) is 0 Å². The predicted molar refractivity (Wildman–Crippen MR) is 94.4 cm³/mol. The molecule has 2 N–H and O–H groups in total. The Morgan fingerprint density at radius 2 is 2.16 bits per heavy atom. The first-order valence-corrected chi connectivity index (χ1v) is 8.81. The van der Waals surface area contributed by atoms with Gasteiger partial charge in [-0.3, -0.25) is 4.90 Å². The van der Waals surface area contributed by atoms with Gasteiger partial charge in [0.15, 0.2) is 5.82 Å². The number of hydrogen-bond acceptors (Lipinski definition) is 5. The van der Waals surface area contributed by atoms with Crippen molar-refractivity contribution in [1.29, 1.82) is 0 Å². The van der Waals surface area contributed by atoms with Gasteiger partial charge in [0, 0.05) is 12.6 Å². The summed E-state index contributed by atoms with van der Waals surface area (Å²) in [6.45, 7) is 6.83. The van der Waals surface area contributed by atoms with Gasteiger partial charge in [0.25, 0.3) is 0 Å². The Morgan fingerprint density at radius 1 is 1.36 bits per heavy atom. The number of nitrogens with zero attached hydrogens (tertiary/aromatic N) is 5. The Balaban J connectivity index is 1.57. The second kappa shape index (κ2) is 8.06. The largest absolute Gasteiger partial charge is 0.337 e. The molecule has 8 heteroatoms. The first-order chi connectivity index (χ1) is 12.2. The normalized spacial score (nSPS) is 18.9. The zero-order valence-electron chi connectivity index (χ0n) is 14.7. The molecule has 1 aliphatic heterocycles. The second-order valence-electron chi connectivity index (χ2n) is 6.29. The highest BCUT2D eigenvalue weighted by molar-refractivity contribution is 5.74. The van der Waals surface area contributed by atoms with Crippen LogP contribution in [0.25, 0.3) is 5.69 Å². The summed E-state index contributed by atoms with van der Waals surface area (Å²) in [5.74, 6) is 0.595. The third-order valence-electron chi connectivity index (χ3n) is 4.63. The molecule has 3 rings (SSSR count). The topological polar surface area (TPSA) is 88.0 Å². The molecule has 0 bridgehead atoms. The number of carbonyl (C=O) groups excluding carboxylic acids is 1. The smallest absolute Gasteiger partial charge is 0.315 e. The Labute approximate surface area is 147 Å². The summed E-state index contributed by atoms with van der Waals surface area (Å²) in [7, 11) is 0. The number of likely N-dealkylation sites (tertiary alicyclic amines) is 1. The number of aromatic nitrogens is 4. The SMILES string of the molecule is CCN1CCC[C@H]1CNC(=O)N[C@@H](C)c1nnnn1-c1ccccc1. The Hall–Kier alpha value is -2.48. The maximum absolute atomic E-state index is 12.2. The van der Waals surface area contributed by atoms with E-state index in [1.807, 2.05) is 37.3 Å². The lowest BCUT2D eigenvalue weighted by molar-refractivity contribution is 0.226. The molecule has 1 fully saturated rings. The fourth-order valence-electron chi connectivity index (χ4n) is 3.28. The number of likely N-dealkylation sites (N-methyl/N-ethyl adjacent to an activating group) is 1. The molecule has 0 unspecified atom stereocenters. The van der Waals surface area contributed by atoms with E-state index in [2.05, 4.69) is 38.0 Å². The van der Waals surface area contributed by atoms with E-state index in [9.17, 15) is 4.79 Å². The molecule has 2 atom stereocenters. The summed E-state index contributed by atoms with van der Waals surface area (Å²) < 4.78 is 1.64. The lowest BCUT2D eigenvalue weighted by Gasteiger charge is -2.23. The number of tetrazole rings is 1. The van der Waals surface area contributed by atoms with Crippen molar-refractivity contribution in [3.8, 4) is 5.69 Å². The summed E-state index contributed by atoms with van der Waals surface area (Å²) in [6.07, 6.45) is 2.33. The average molecular weight is 343 g/mol. The van der Waals surface area contributed by atoms with Crippen molar-refractivity contribution in [3.05, 3.63) is 36.2 Å². The number of amides is 2. The molecule has 0 aliphatic carbocycles. The summed E-state index contributed by atoms with van der Waals surface area (Å²) in [6, 6.07) is 9.56. The number of carbonyl (C=O) groups is 1. The fourth-order valence-corrected chi connectivity index (χ4v) is 3.28. The minimum absolute atomic E-state index is 0.196. The van der Waals surface area contributed by atoms with E-state index in [-0.39, 0.29) is 12.1 Å². The van der Waals surface area contributed by atoms with Gasteiger partial charge in [0.2, 0.25) is 0 Å². The maximum Gasteiger partial charge on any atom is 0.315 e. The number of nitrogens with one attached hydrogen (secondary N) is 2. The first-order valence-electron chi connectivity index (χ1n) is 8.81. The van der Waals surface area contributed by atoms with Crippen molar-refractivity contribution < 1.29 is 4.79 Å². The van der Waals surface area contributed by atoms with Crippen LogP contribution < -0.4 is 10.6 Å².